The molecule has 0 saturated heterocycles. The van der Waals surface area contributed by atoms with E-state index in [1.165, 1.54) is 13.3 Å². The summed E-state index contributed by atoms with van der Waals surface area (Å²) in [6, 6.07) is 3.32. The van der Waals surface area contributed by atoms with Gasteiger partial charge in [0.2, 0.25) is 0 Å². The van der Waals surface area contributed by atoms with Gasteiger partial charge in [-0.1, -0.05) is 0 Å². The van der Waals surface area contributed by atoms with Crippen LogP contribution in [0.1, 0.15) is 5.56 Å². The van der Waals surface area contributed by atoms with Crippen molar-refractivity contribution in [2.75, 3.05) is 13.7 Å². The van der Waals surface area contributed by atoms with Crippen LogP contribution in [-0.2, 0) is 4.79 Å². The number of carbonyl (C=O) groups is 1. The van der Waals surface area contributed by atoms with Gasteiger partial charge in [-0.05, 0) is 45.8 Å². The van der Waals surface area contributed by atoms with Crippen molar-refractivity contribution < 1.29 is 19.4 Å². The third-order valence-corrected chi connectivity index (χ3v) is 2.66. The van der Waals surface area contributed by atoms with E-state index in [9.17, 15) is 4.79 Å². The molecule has 20 heavy (non-hydrogen) atoms. The van der Waals surface area contributed by atoms with Crippen molar-refractivity contribution in [3.05, 3.63) is 22.2 Å². The molecule has 0 aliphatic rings. The molecule has 0 spiro atoms. The van der Waals surface area contributed by atoms with Crippen LogP contribution >= 0.6 is 28.1 Å². The molecule has 0 aromatic heterocycles. The summed E-state index contributed by atoms with van der Waals surface area (Å²) in [5.41, 5.74) is 8.33. The largest absolute Gasteiger partial charge is 0.493 e. The number of hydrogen-bond acceptors (Lipinski definition) is 5. The zero-order valence-corrected chi connectivity index (χ0v) is 12.8. The molecule has 108 valence electrons. The van der Waals surface area contributed by atoms with E-state index in [0.29, 0.717) is 21.5 Å². The number of nitrogens with two attached hydrogens (primary N) is 1. The Morgan fingerprint density at radius 1 is 1.65 bits per heavy atom. The smallest absolute Gasteiger partial charge is 0.341 e. The zero-order valence-electron chi connectivity index (χ0n) is 10.4. The molecule has 0 saturated carbocycles. The van der Waals surface area contributed by atoms with Gasteiger partial charge < -0.3 is 20.3 Å². The second kappa shape index (κ2) is 7.65. The van der Waals surface area contributed by atoms with Gasteiger partial charge in [0.05, 0.1) is 17.8 Å². The number of hydrogen-bond donors (Lipinski definition) is 3. The van der Waals surface area contributed by atoms with Crippen LogP contribution < -0.4 is 20.6 Å². The number of carboxylic acids is 1. The van der Waals surface area contributed by atoms with Crippen molar-refractivity contribution in [1.82, 2.24) is 5.43 Å². The van der Waals surface area contributed by atoms with E-state index < -0.39 is 12.6 Å². The van der Waals surface area contributed by atoms with Gasteiger partial charge in [0, 0.05) is 0 Å². The number of nitrogens with zero attached hydrogens (tertiary/aromatic N) is 1. The molecule has 0 heterocycles. The zero-order chi connectivity index (χ0) is 15.1. The van der Waals surface area contributed by atoms with Crippen LogP contribution in [0.15, 0.2) is 21.7 Å². The minimum atomic E-state index is -1.08. The van der Waals surface area contributed by atoms with E-state index in [4.69, 9.17) is 20.3 Å². The topological polar surface area (TPSA) is 106 Å². The Hall–Kier alpha value is -1.87. The average Bonchev–Trinajstić information content (AvgIpc) is 2.36. The van der Waals surface area contributed by atoms with E-state index in [0.717, 1.165) is 0 Å². The highest BCUT2D eigenvalue weighted by Gasteiger charge is 2.12. The molecule has 1 aromatic rings. The molecule has 0 aliphatic carbocycles. The van der Waals surface area contributed by atoms with Gasteiger partial charge in [0.25, 0.3) is 0 Å². The first kappa shape index (κ1) is 16.2. The fraction of sp³-hybridized carbons (Fsp3) is 0.182. The predicted molar refractivity (Wildman–Crippen MR) is 81.3 cm³/mol. The number of benzene rings is 1. The van der Waals surface area contributed by atoms with Gasteiger partial charge in [0.15, 0.2) is 23.2 Å². The van der Waals surface area contributed by atoms with Crippen LogP contribution in [0.3, 0.4) is 0 Å². The van der Waals surface area contributed by atoms with Crippen molar-refractivity contribution in [3.63, 3.8) is 0 Å². The molecule has 0 aliphatic heterocycles. The highest BCUT2D eigenvalue weighted by Crippen LogP contribution is 2.36. The summed E-state index contributed by atoms with van der Waals surface area (Å²) in [4.78, 5) is 10.5. The second-order valence-corrected chi connectivity index (χ2v) is 4.74. The van der Waals surface area contributed by atoms with Crippen LogP contribution in [0, 0.1) is 0 Å². The molecule has 1 rings (SSSR count). The fourth-order valence-electron chi connectivity index (χ4n) is 1.26. The lowest BCUT2D eigenvalue weighted by Gasteiger charge is -2.12. The lowest BCUT2D eigenvalue weighted by molar-refractivity contribution is -0.139. The molecule has 0 unspecified atom stereocenters. The summed E-state index contributed by atoms with van der Waals surface area (Å²) in [6.07, 6.45) is 1.48. The first-order chi connectivity index (χ1) is 9.43. The first-order valence-corrected chi connectivity index (χ1v) is 6.44. The monoisotopic (exact) mass is 361 g/mol. The summed E-state index contributed by atoms with van der Waals surface area (Å²) in [7, 11) is 1.45. The Morgan fingerprint density at radius 2 is 2.35 bits per heavy atom. The van der Waals surface area contributed by atoms with Gasteiger partial charge in [0.1, 0.15) is 0 Å². The SMILES string of the molecule is COc1cc(C=NNC(N)=S)cc(Br)c1OCC(=O)O. The summed E-state index contributed by atoms with van der Waals surface area (Å²) >= 11 is 7.89. The molecular weight excluding hydrogens is 350 g/mol. The maximum atomic E-state index is 10.5. The highest BCUT2D eigenvalue weighted by molar-refractivity contribution is 9.10. The van der Waals surface area contributed by atoms with E-state index in [2.05, 4.69) is 38.7 Å². The van der Waals surface area contributed by atoms with Crippen molar-refractivity contribution in [2.45, 2.75) is 0 Å². The third kappa shape index (κ3) is 5.02. The maximum absolute atomic E-state index is 10.5. The van der Waals surface area contributed by atoms with E-state index in [1.54, 1.807) is 12.1 Å². The van der Waals surface area contributed by atoms with Crippen LogP contribution in [0.2, 0.25) is 0 Å². The van der Waals surface area contributed by atoms with Gasteiger partial charge in [-0.25, -0.2) is 4.79 Å². The summed E-state index contributed by atoms with van der Waals surface area (Å²) in [6.45, 7) is -0.467. The second-order valence-electron chi connectivity index (χ2n) is 3.45. The number of ether oxygens (including phenoxy) is 2. The molecule has 0 atom stereocenters. The molecule has 7 nitrogen and oxygen atoms in total. The van der Waals surface area contributed by atoms with Crippen LogP contribution in [0.5, 0.6) is 11.5 Å². The number of aliphatic carboxylic acids is 1. The molecule has 4 N–H and O–H groups in total. The van der Waals surface area contributed by atoms with Crippen LogP contribution in [0.4, 0.5) is 0 Å². The fourth-order valence-corrected chi connectivity index (χ4v) is 1.89. The Bertz CT molecular complexity index is 551. The summed E-state index contributed by atoms with van der Waals surface area (Å²) in [5, 5.41) is 12.5. The number of carboxylic acid groups (broad SMARTS) is 1. The predicted octanol–water partition coefficient (Wildman–Crippen LogP) is 1.09. The Morgan fingerprint density at radius 3 is 2.90 bits per heavy atom. The van der Waals surface area contributed by atoms with Crippen LogP contribution in [0.25, 0.3) is 0 Å². The minimum absolute atomic E-state index is 0.0497. The molecule has 0 amide bonds. The molecule has 0 fully saturated rings. The van der Waals surface area contributed by atoms with Crippen molar-refractivity contribution >= 4 is 45.4 Å². The maximum Gasteiger partial charge on any atom is 0.341 e. The van der Waals surface area contributed by atoms with E-state index in [1.807, 2.05) is 0 Å². The van der Waals surface area contributed by atoms with E-state index >= 15 is 0 Å². The Kier molecular flexibility index (Phi) is 6.19. The molecular formula is C11H12BrN3O4S. The number of nitrogens with one attached hydrogen (secondary N) is 1. The number of halogens is 1. The standard InChI is InChI=1S/C11H12BrN3O4S/c1-18-8-3-6(4-14-15-11(13)20)2-7(12)10(8)19-5-9(16)17/h2-4H,5H2,1H3,(H,16,17)(H3,13,15,20). The van der Waals surface area contributed by atoms with Gasteiger partial charge in [-0.3, -0.25) is 5.43 Å². The van der Waals surface area contributed by atoms with E-state index in [-0.39, 0.29) is 5.11 Å². The van der Waals surface area contributed by atoms with Crippen molar-refractivity contribution in [3.8, 4) is 11.5 Å². The first-order valence-electron chi connectivity index (χ1n) is 5.24. The average molecular weight is 362 g/mol. The van der Waals surface area contributed by atoms with Gasteiger partial charge >= 0.3 is 5.97 Å². The van der Waals surface area contributed by atoms with Gasteiger partial charge in [-0.2, -0.15) is 5.10 Å². The molecule has 0 bridgehead atoms. The minimum Gasteiger partial charge on any atom is -0.493 e. The summed E-state index contributed by atoms with van der Waals surface area (Å²) < 4.78 is 10.8. The highest BCUT2D eigenvalue weighted by atomic mass is 79.9. The number of thiocarbonyl (C=S) groups is 1. The third-order valence-electron chi connectivity index (χ3n) is 1.98. The molecule has 1 aromatic carbocycles. The van der Waals surface area contributed by atoms with Crippen molar-refractivity contribution in [1.29, 1.82) is 0 Å². The lowest BCUT2D eigenvalue weighted by atomic mass is 10.2. The number of hydrazone groups is 1. The van der Waals surface area contributed by atoms with Gasteiger partial charge in [-0.15, -0.1) is 0 Å². The Labute approximate surface area is 128 Å². The summed E-state index contributed by atoms with van der Waals surface area (Å²) in [5.74, 6) is -0.406. The lowest BCUT2D eigenvalue weighted by Crippen LogP contribution is -2.23. The molecule has 9 heteroatoms. The van der Waals surface area contributed by atoms with Crippen molar-refractivity contribution in [2.24, 2.45) is 10.8 Å². The normalized spacial score (nSPS) is 10.3. The number of rotatable bonds is 6. The van der Waals surface area contributed by atoms with Crippen LogP contribution in [-0.4, -0.2) is 36.1 Å². The molecule has 0 radical (unpaired) electrons. The number of methoxy groups -OCH3 is 1. The Balaban J connectivity index is 2.97. The quantitative estimate of drug-likeness (QED) is 0.395.